The van der Waals surface area contributed by atoms with Crippen LogP contribution in [0, 0.1) is 34.5 Å². The minimum absolute atomic E-state index is 0.0943. The van der Waals surface area contributed by atoms with Crippen molar-refractivity contribution in [3.63, 3.8) is 0 Å². The van der Waals surface area contributed by atoms with E-state index in [1.54, 1.807) is 11.9 Å². The van der Waals surface area contributed by atoms with Gasteiger partial charge in [0.05, 0.1) is 13.0 Å². The highest BCUT2D eigenvalue weighted by Gasteiger charge is 2.62. The zero-order valence-electron chi connectivity index (χ0n) is 16.2. The summed E-state index contributed by atoms with van der Waals surface area (Å²) in [5.41, 5.74) is -0.271. The van der Waals surface area contributed by atoms with Crippen molar-refractivity contribution in [2.24, 2.45) is 34.5 Å². The number of allylic oxidation sites excluding steroid dienone is 1. The van der Waals surface area contributed by atoms with Crippen LogP contribution in [0.3, 0.4) is 0 Å². The second-order valence-electron chi connectivity index (χ2n) is 9.45. The molecule has 0 radical (unpaired) electrons. The number of hydrogen-bond acceptors (Lipinski definition) is 3. The standard InChI is InChI=1S/C21H30FNO3/c1-20-10-9-14-12(13(20)6-7-15(20)19(25)26-4)5-8-17-21(14,2)11-16(22)18(24)23(17)3/h6-7,12-17H,5,8-11H2,1-4H3/t12?,13-,14?,15+,16+,17?,20-,21+/m0/s1. The van der Waals surface area contributed by atoms with Crippen LogP contribution in [0.1, 0.15) is 46.0 Å². The summed E-state index contributed by atoms with van der Waals surface area (Å²) in [6.45, 7) is 4.42. The molecule has 144 valence electrons. The number of esters is 1. The first-order valence-corrected chi connectivity index (χ1v) is 9.91. The van der Waals surface area contributed by atoms with Gasteiger partial charge in [0.25, 0.3) is 5.91 Å². The third kappa shape index (κ3) is 2.18. The lowest BCUT2D eigenvalue weighted by molar-refractivity contribution is -0.170. The lowest BCUT2D eigenvalue weighted by Crippen LogP contribution is -2.64. The number of likely N-dealkylation sites (tertiary alicyclic amines) is 1. The zero-order valence-corrected chi connectivity index (χ0v) is 16.2. The number of carbonyl (C=O) groups excluding carboxylic acids is 2. The summed E-state index contributed by atoms with van der Waals surface area (Å²) in [5, 5.41) is 0. The molecule has 4 rings (SSSR count). The number of methoxy groups -OCH3 is 1. The third-order valence-electron chi connectivity index (χ3n) is 8.49. The van der Waals surface area contributed by atoms with E-state index in [2.05, 4.69) is 19.9 Å². The van der Waals surface area contributed by atoms with Gasteiger partial charge in [-0.25, -0.2) is 4.39 Å². The van der Waals surface area contributed by atoms with Gasteiger partial charge in [0.15, 0.2) is 6.17 Å². The predicted octanol–water partition coefficient (Wildman–Crippen LogP) is 3.36. The van der Waals surface area contributed by atoms with Gasteiger partial charge in [0, 0.05) is 13.1 Å². The predicted molar refractivity (Wildman–Crippen MR) is 95.9 cm³/mol. The smallest absolute Gasteiger partial charge is 0.313 e. The third-order valence-corrected chi connectivity index (χ3v) is 8.49. The molecule has 2 saturated carbocycles. The van der Waals surface area contributed by atoms with Gasteiger partial charge in [-0.1, -0.05) is 26.0 Å². The summed E-state index contributed by atoms with van der Waals surface area (Å²) >= 11 is 0. The average Bonchev–Trinajstić information content (AvgIpc) is 2.96. The van der Waals surface area contributed by atoms with Crippen LogP contribution in [0.4, 0.5) is 4.39 Å². The summed E-state index contributed by atoms with van der Waals surface area (Å²) in [7, 11) is 3.23. The Balaban J connectivity index is 1.65. The molecule has 3 aliphatic carbocycles. The van der Waals surface area contributed by atoms with Crippen molar-refractivity contribution in [2.75, 3.05) is 14.2 Å². The molecular weight excluding hydrogens is 333 g/mol. The van der Waals surface area contributed by atoms with E-state index in [0.29, 0.717) is 24.2 Å². The number of rotatable bonds is 1. The molecule has 1 amide bonds. The van der Waals surface area contributed by atoms with Gasteiger partial charge >= 0.3 is 5.97 Å². The summed E-state index contributed by atoms with van der Waals surface area (Å²) in [6.07, 6.45) is 7.14. The molecule has 4 aliphatic rings. The maximum absolute atomic E-state index is 14.5. The molecular formula is C21H30FNO3. The molecule has 0 spiro atoms. The van der Waals surface area contributed by atoms with E-state index < -0.39 is 6.17 Å². The molecule has 26 heavy (non-hydrogen) atoms. The Morgan fingerprint density at radius 3 is 2.65 bits per heavy atom. The number of hydrogen-bond donors (Lipinski definition) is 0. The number of alkyl halides is 1. The highest BCUT2D eigenvalue weighted by atomic mass is 19.1. The van der Waals surface area contributed by atoms with E-state index >= 15 is 0 Å². The molecule has 0 aromatic carbocycles. The molecule has 8 atom stereocenters. The van der Waals surface area contributed by atoms with Crippen molar-refractivity contribution < 1.29 is 18.7 Å². The number of carbonyl (C=O) groups is 2. The summed E-state index contributed by atoms with van der Waals surface area (Å²) in [5.74, 6) is 0.524. The average molecular weight is 363 g/mol. The number of piperidine rings is 1. The van der Waals surface area contributed by atoms with Gasteiger partial charge in [-0.2, -0.15) is 0 Å². The van der Waals surface area contributed by atoms with E-state index in [1.807, 2.05) is 6.08 Å². The van der Waals surface area contributed by atoms with Gasteiger partial charge in [-0.3, -0.25) is 9.59 Å². The molecule has 3 unspecified atom stereocenters. The van der Waals surface area contributed by atoms with E-state index in [-0.39, 0.29) is 34.7 Å². The Kier molecular flexibility index (Phi) is 4.02. The van der Waals surface area contributed by atoms with Gasteiger partial charge in [-0.15, -0.1) is 0 Å². The monoisotopic (exact) mass is 363 g/mol. The normalized spacial score (nSPS) is 50.0. The molecule has 0 aromatic rings. The van der Waals surface area contributed by atoms with Crippen molar-refractivity contribution in [1.82, 2.24) is 4.90 Å². The van der Waals surface area contributed by atoms with Crippen LogP contribution < -0.4 is 0 Å². The highest BCUT2D eigenvalue weighted by Crippen LogP contribution is 2.64. The van der Waals surface area contributed by atoms with Crippen molar-refractivity contribution in [2.45, 2.75) is 58.2 Å². The zero-order chi connectivity index (χ0) is 18.9. The molecule has 1 saturated heterocycles. The first kappa shape index (κ1) is 18.0. The van der Waals surface area contributed by atoms with E-state index in [0.717, 1.165) is 25.7 Å². The molecule has 3 fully saturated rings. The number of ether oxygens (including phenoxy) is 1. The van der Waals surface area contributed by atoms with Crippen molar-refractivity contribution in [3.8, 4) is 0 Å². The molecule has 4 nitrogen and oxygen atoms in total. The van der Waals surface area contributed by atoms with Gasteiger partial charge in [-0.05, 0) is 60.7 Å². The molecule has 5 heteroatoms. The van der Waals surface area contributed by atoms with Gasteiger partial charge < -0.3 is 9.64 Å². The van der Waals surface area contributed by atoms with Crippen LogP contribution in [-0.2, 0) is 14.3 Å². The van der Waals surface area contributed by atoms with Gasteiger partial charge in [0.1, 0.15) is 0 Å². The number of fused-ring (bicyclic) bond motifs is 5. The summed E-state index contributed by atoms with van der Waals surface area (Å²) in [4.78, 5) is 26.1. The summed E-state index contributed by atoms with van der Waals surface area (Å²) < 4.78 is 19.5. The van der Waals surface area contributed by atoms with Crippen molar-refractivity contribution >= 4 is 11.9 Å². The Labute approximate surface area is 155 Å². The highest BCUT2D eigenvalue weighted by molar-refractivity contribution is 5.82. The fourth-order valence-electron chi connectivity index (χ4n) is 7.14. The number of nitrogens with zero attached hydrogens (tertiary/aromatic N) is 1. The molecule has 1 aliphatic heterocycles. The minimum atomic E-state index is -1.38. The fourth-order valence-corrected chi connectivity index (χ4v) is 7.14. The first-order valence-electron chi connectivity index (χ1n) is 9.91. The number of halogens is 1. The second-order valence-corrected chi connectivity index (χ2v) is 9.45. The Hall–Kier alpha value is -1.39. The van der Waals surface area contributed by atoms with Crippen LogP contribution in [0.5, 0.6) is 0 Å². The van der Waals surface area contributed by atoms with Crippen molar-refractivity contribution in [3.05, 3.63) is 12.2 Å². The topological polar surface area (TPSA) is 46.6 Å². The minimum Gasteiger partial charge on any atom is -0.469 e. The van der Waals surface area contributed by atoms with E-state index in [9.17, 15) is 14.0 Å². The Morgan fingerprint density at radius 1 is 1.23 bits per heavy atom. The van der Waals surface area contributed by atoms with Crippen LogP contribution in [0.2, 0.25) is 0 Å². The summed E-state index contributed by atoms with van der Waals surface area (Å²) in [6, 6.07) is 0.134. The second kappa shape index (κ2) is 5.80. The van der Waals surface area contributed by atoms with Crippen LogP contribution in [0.25, 0.3) is 0 Å². The first-order chi connectivity index (χ1) is 12.2. The van der Waals surface area contributed by atoms with Crippen LogP contribution >= 0.6 is 0 Å². The molecule has 0 N–H and O–H groups in total. The maximum atomic E-state index is 14.5. The van der Waals surface area contributed by atoms with E-state index in [4.69, 9.17) is 4.74 Å². The SMILES string of the molecule is COC(=O)[C@H]1C=C[C@H]2C3CCC4N(C)C(=O)[C@H](F)C[C@]4(C)C3CC[C@]12C. The largest absolute Gasteiger partial charge is 0.469 e. The quantitative estimate of drug-likeness (QED) is 0.530. The Bertz CT molecular complexity index is 664. The molecule has 0 aromatic heterocycles. The fraction of sp³-hybridized carbons (Fsp3) is 0.810. The van der Waals surface area contributed by atoms with Crippen molar-refractivity contribution in [1.29, 1.82) is 0 Å². The molecule has 1 heterocycles. The lowest BCUT2D eigenvalue weighted by atomic mass is 9.46. The van der Waals surface area contributed by atoms with Gasteiger partial charge in [0.2, 0.25) is 0 Å². The lowest BCUT2D eigenvalue weighted by Gasteiger charge is -2.61. The Morgan fingerprint density at radius 2 is 1.96 bits per heavy atom. The molecule has 0 bridgehead atoms. The van der Waals surface area contributed by atoms with Crippen LogP contribution in [0.15, 0.2) is 12.2 Å². The maximum Gasteiger partial charge on any atom is 0.313 e. The van der Waals surface area contributed by atoms with E-state index in [1.165, 1.54) is 7.11 Å². The number of amides is 1. The van der Waals surface area contributed by atoms with Crippen LogP contribution in [-0.4, -0.2) is 43.1 Å².